The van der Waals surface area contributed by atoms with Crippen molar-refractivity contribution >= 4 is 91.6 Å². The van der Waals surface area contributed by atoms with Crippen LogP contribution in [0.4, 0.5) is 50.1 Å². The molecule has 5 fully saturated rings. The van der Waals surface area contributed by atoms with Crippen LogP contribution >= 0.6 is 12.2 Å². The average molecular weight is 1780 g/mol. The van der Waals surface area contributed by atoms with Crippen molar-refractivity contribution < 1.29 is 101 Å². The molecule has 0 radical (unpaired) electrons. The van der Waals surface area contributed by atoms with E-state index in [0.717, 1.165) is 10.8 Å². The van der Waals surface area contributed by atoms with Crippen molar-refractivity contribution in [1.82, 2.24) is 87.6 Å². The summed E-state index contributed by atoms with van der Waals surface area (Å²) in [6, 6.07) is 1.48. The molecule has 125 heavy (non-hydrogen) atoms. The molecule has 0 aliphatic carbocycles. The molecule has 25 atom stereocenters. The Hall–Kier alpha value is -11.7. The maximum atomic E-state index is 14.3. The van der Waals surface area contributed by atoms with Gasteiger partial charge < -0.3 is 141 Å². The smallest absolute Gasteiger partial charge is 0.280 e. The van der Waals surface area contributed by atoms with Gasteiger partial charge in [0.05, 0.1) is 61.1 Å². The van der Waals surface area contributed by atoms with Gasteiger partial charge in [-0.25, -0.2) is 56.2 Å². The van der Waals surface area contributed by atoms with Gasteiger partial charge in [0.2, 0.25) is 17.8 Å². The van der Waals surface area contributed by atoms with Crippen molar-refractivity contribution in [1.29, 1.82) is 0 Å². The van der Waals surface area contributed by atoms with Gasteiger partial charge in [-0.15, -0.1) is 0 Å². The van der Waals surface area contributed by atoms with E-state index < -0.39 is 206 Å². The first-order chi connectivity index (χ1) is 59.0. The maximum Gasteiger partial charge on any atom is 0.280 e. The summed E-state index contributed by atoms with van der Waals surface area (Å²) >= 11 is 5.12. The Balaban J connectivity index is 0.000000152. The van der Waals surface area contributed by atoms with Crippen LogP contribution in [0, 0.1) is 76.6 Å². The van der Waals surface area contributed by atoms with Crippen LogP contribution < -0.4 is 68.3 Å². The topological polar surface area (TPSA) is 738 Å². The Morgan fingerprint density at radius 2 is 0.824 bits per heavy atom. The quantitative estimate of drug-likeness (QED) is 0.0345. The molecule has 5 aliphatic rings. The van der Waals surface area contributed by atoms with Gasteiger partial charge in [0.15, 0.2) is 103 Å². The summed E-state index contributed by atoms with van der Waals surface area (Å²) in [5.74, 6) is 22.5. The van der Waals surface area contributed by atoms with E-state index in [0.29, 0.717) is 22.3 Å². The SMILES string of the molecule is C[C@@H](O)[C@H]1O[C@@H](n2ccc3c(=O)[nH]c(N)nc32)C(N)(C#CCF)[C@H]1O.C[C@@H](O)[C@H]1O[C@@H](n2cnc3c(=O)[nH]c(N)nc32)C(N)(C#CCF)[C@H]1O.C[C@@H](O)[C@H]1O[C@@H](n2cnc3c(=S)nc(N)[nH]c32)C(N)(C#CCF)[C@H]1O.C[C@@H](O)[C@H]1O[C@@H](n2cnc3cnc(N)nc32)C(N)(C#CCF)[C@H]1O.Cc1nc2c(c(F)cn2[C@@H]2O[C@H]([C@@H](C)O)[C@H](O)C2(N)C#CCF)c(=O)[nH]1. The highest BCUT2D eigenvalue weighted by molar-refractivity contribution is 7.71. The van der Waals surface area contributed by atoms with E-state index in [1.54, 1.807) is 0 Å². The van der Waals surface area contributed by atoms with Gasteiger partial charge in [-0.3, -0.25) is 42.6 Å². The summed E-state index contributed by atoms with van der Waals surface area (Å²) in [4.78, 5) is 82.0. The molecular weight excluding hydrogens is 1690 g/mol. The van der Waals surface area contributed by atoms with E-state index >= 15 is 0 Å². The van der Waals surface area contributed by atoms with Crippen molar-refractivity contribution in [3.8, 4) is 59.2 Å². The van der Waals surface area contributed by atoms with Crippen LogP contribution in [0.5, 0.6) is 0 Å². The summed E-state index contributed by atoms with van der Waals surface area (Å²) in [5, 5.41) is 102. The summed E-state index contributed by atoms with van der Waals surface area (Å²) in [6.45, 7) is 3.78. The zero-order chi connectivity index (χ0) is 91.8. The third kappa shape index (κ3) is 17.6. The summed E-state index contributed by atoms with van der Waals surface area (Å²) < 4.78 is 112. The third-order valence-corrected chi connectivity index (χ3v) is 20.9. The number of aliphatic hydroxyl groups excluding tert-OH is 10. The first-order valence-corrected chi connectivity index (χ1v) is 37.7. The lowest BCUT2D eigenvalue weighted by molar-refractivity contribution is -0.0757. The maximum absolute atomic E-state index is 14.3. The van der Waals surface area contributed by atoms with E-state index in [9.17, 15) is 91.8 Å². The summed E-state index contributed by atoms with van der Waals surface area (Å²) in [6.07, 6.45) is -15.5. The number of imidazole rings is 3. The Morgan fingerprint density at radius 3 is 1.26 bits per heavy atom. The van der Waals surface area contributed by atoms with Crippen LogP contribution in [-0.4, -0.2) is 291 Å². The first-order valence-electron chi connectivity index (χ1n) is 37.3. The number of hydrogen-bond acceptors (Lipinski definition) is 37. The fraction of sp³-hybridized carbons (Fsp3) is 0.493. The highest BCUT2D eigenvalue weighted by Crippen LogP contribution is 2.45. The molecule has 5 saturated heterocycles. The number of nitrogens with one attached hydrogen (secondary N) is 4. The lowest BCUT2D eigenvalue weighted by Crippen LogP contribution is -2.54. The van der Waals surface area contributed by atoms with Gasteiger partial charge in [-0.2, -0.15) is 15.0 Å². The molecule has 5 aliphatic heterocycles. The van der Waals surface area contributed by atoms with Crippen molar-refractivity contribution in [3.05, 3.63) is 91.0 Å². The van der Waals surface area contributed by atoms with Crippen LogP contribution in [0.2, 0.25) is 0 Å². The van der Waals surface area contributed by atoms with Crippen molar-refractivity contribution in [3.63, 3.8) is 0 Å². The second-order valence-electron chi connectivity index (χ2n) is 29.3. The minimum Gasteiger partial charge on any atom is -0.391 e. The van der Waals surface area contributed by atoms with Gasteiger partial charge >= 0.3 is 0 Å². The Labute approximate surface area is 704 Å². The predicted molar refractivity (Wildman–Crippen MR) is 431 cm³/mol. The number of rotatable bonds is 10. The molecule has 10 aromatic rings. The summed E-state index contributed by atoms with van der Waals surface area (Å²) in [7, 11) is 0. The number of aromatic nitrogens is 18. The number of halogens is 6. The second-order valence-corrected chi connectivity index (χ2v) is 29.7. The molecule has 0 spiro atoms. The van der Waals surface area contributed by atoms with E-state index in [2.05, 4.69) is 124 Å². The number of nitrogens with two attached hydrogens (primary N) is 9. The highest BCUT2D eigenvalue weighted by atomic mass is 32.1. The molecule has 0 amide bonds. The van der Waals surface area contributed by atoms with E-state index in [1.807, 2.05) is 0 Å². The molecule has 52 heteroatoms. The average Bonchev–Trinajstić information content (AvgIpc) is 1.40. The zero-order valence-corrected chi connectivity index (χ0v) is 67.3. The van der Waals surface area contributed by atoms with Crippen LogP contribution in [-0.2, 0) is 23.7 Å². The van der Waals surface area contributed by atoms with Gasteiger partial charge in [0.25, 0.3) is 16.7 Å². The molecule has 670 valence electrons. The number of H-pyrrole nitrogens is 4. The second kappa shape index (κ2) is 37.2. The van der Waals surface area contributed by atoms with Crippen molar-refractivity contribution in [2.24, 2.45) is 28.7 Å². The molecule has 0 aromatic carbocycles. The van der Waals surface area contributed by atoms with Gasteiger partial charge in [-0.1, -0.05) is 71.4 Å². The predicted octanol–water partition coefficient (Wildman–Crippen LogP) is -5.79. The Kier molecular flexibility index (Phi) is 28.0. The number of hydrogen-bond donors (Lipinski definition) is 23. The molecule has 15 rings (SSSR count). The standard InChI is InChI=1S/C16H18F2N4O4.C15H18FN5O4.C14H17FN6O4.C14H17FN6O3S.C14H17FN6O3/c1-7(23)11-12(24)16(19,4-3-5-17)15(26-11)22-6-9(18)10-13(22)20-8(2)21-14(10)25;1-7(22)9-10(23)15(18,4-2-5-16)13(25-9)21-6-3-8-11(21)19-14(17)20-12(8)24;1-6(22)8-9(23)14(17,3-2-4-15)12(25-8)21-5-18-7-10(21)19-13(16)20-11(7)24;1-6(22)8-9(23)14(17,3-2-4-15)12(24-8)21-5-18-7-10(21)19-13(16)20-11(7)25;1-7(22)9-10(23)14(17,3-2-4-15)12(24-9)21-6-19-8-5-18-13(16)20-11(8)21/h6-7,11-12,15,23-24H,5,19H2,1-2H3,(H,20,21,25);3,6-7,9-10,13,22-23H,5,18H2,1H3,(H3,17,19,20,24);5-6,8-9,12,22-23H,4,17H2,1H3,(H3,16,19,20,24);5-6,8-9,12,22-23H,4,17H2,1H3,(H3,16,19,20,25);5-7,9-10,12,22-23H,4,17H2,1H3,(H2,16,18,20)/t7-,11-,12+,15-,16?;7-,9-,10+,13-,15?;2*6-,8-,9+,12-,14?;7-,9-,10+,12-,14?/m11111/s1. The molecule has 32 N–H and O–H groups in total. The number of fused-ring (bicyclic) bond motifs is 5. The molecule has 0 saturated carbocycles. The lowest BCUT2D eigenvalue weighted by atomic mass is 9.90. The number of aliphatic hydroxyl groups is 10. The van der Waals surface area contributed by atoms with Crippen LogP contribution in [0.3, 0.4) is 0 Å². The fourth-order valence-corrected chi connectivity index (χ4v) is 14.9. The Bertz CT molecular complexity index is 5890. The van der Waals surface area contributed by atoms with E-state index in [4.69, 9.17) is 87.5 Å². The molecular formula is C73H87F6N27O18S. The minimum absolute atomic E-state index is 0.0198. The number of alkyl halides is 5. The first kappa shape index (κ1) is 94.0. The van der Waals surface area contributed by atoms with Crippen LogP contribution in [0.25, 0.3) is 55.6 Å². The van der Waals surface area contributed by atoms with Crippen LogP contribution in [0.1, 0.15) is 71.6 Å². The number of ether oxygens (including phenoxy) is 5. The number of nitrogen functional groups attached to an aromatic ring is 4. The highest BCUT2D eigenvalue weighted by Gasteiger charge is 2.61. The zero-order valence-electron chi connectivity index (χ0n) is 66.5. The van der Waals surface area contributed by atoms with Gasteiger partial charge in [0.1, 0.15) is 122 Å². The normalized spacial score (nSPS) is 30.2. The number of aromatic amines is 4. The van der Waals surface area contributed by atoms with E-state index in [-0.39, 0.29) is 67.5 Å². The molecule has 10 aromatic heterocycles. The number of anilines is 4. The molecule has 45 nitrogen and oxygen atoms in total. The largest absolute Gasteiger partial charge is 0.391 e. The molecule has 15 heterocycles. The monoisotopic (exact) mass is 1780 g/mol. The number of aryl methyl sites for hydroxylation is 1. The van der Waals surface area contributed by atoms with Crippen LogP contribution in [0.15, 0.2) is 58.0 Å². The van der Waals surface area contributed by atoms with Crippen molar-refractivity contribution in [2.75, 3.05) is 56.3 Å². The van der Waals surface area contributed by atoms with Gasteiger partial charge in [0, 0.05) is 12.4 Å². The fourth-order valence-electron chi connectivity index (χ4n) is 14.7. The number of nitrogens with zero attached hydrogens (tertiary/aromatic N) is 14. The summed E-state index contributed by atoms with van der Waals surface area (Å²) in [5.41, 5.74) is 44.7. The van der Waals surface area contributed by atoms with Gasteiger partial charge in [-0.05, 0) is 47.6 Å². The van der Waals surface area contributed by atoms with Crippen molar-refractivity contribution in [2.45, 2.75) is 192 Å². The third-order valence-electron chi connectivity index (χ3n) is 20.6. The lowest BCUT2D eigenvalue weighted by Gasteiger charge is -2.28. The Morgan fingerprint density at radius 1 is 0.456 bits per heavy atom. The van der Waals surface area contributed by atoms with E-state index in [1.165, 1.54) is 97.3 Å². The molecule has 5 unspecified atom stereocenters. The minimum atomic E-state index is -1.86. The molecule has 0 bridgehead atoms.